The van der Waals surface area contributed by atoms with Crippen LogP contribution in [0.3, 0.4) is 0 Å². The minimum atomic E-state index is -0.561. The average Bonchev–Trinajstić information content (AvgIpc) is 3.23. The van der Waals surface area contributed by atoms with E-state index in [0.717, 1.165) is 37.9 Å². The SMILES string of the molecule is COC(=O)C[C@]12OC3=CC(=O)CC[C@]3(C)[C@H]1CC[C@]1(C)[C@@H]([C@H](C)/C=C/[C@H](C)C(C)C)CC[C@H]12. The van der Waals surface area contributed by atoms with Gasteiger partial charge in [0.25, 0.3) is 0 Å². The third kappa shape index (κ3) is 3.80. The van der Waals surface area contributed by atoms with Crippen molar-refractivity contribution in [1.82, 2.24) is 0 Å². The number of hydrogen-bond donors (Lipinski definition) is 0. The maximum atomic E-state index is 12.7. The smallest absolute Gasteiger partial charge is 0.309 e. The average molecular weight is 457 g/mol. The van der Waals surface area contributed by atoms with Gasteiger partial charge in [-0.3, -0.25) is 9.59 Å². The van der Waals surface area contributed by atoms with Gasteiger partial charge in [-0.2, -0.15) is 0 Å². The molecule has 8 atom stereocenters. The number of hydrogen-bond acceptors (Lipinski definition) is 4. The maximum Gasteiger partial charge on any atom is 0.309 e. The molecule has 0 N–H and O–H groups in total. The van der Waals surface area contributed by atoms with Gasteiger partial charge >= 0.3 is 5.97 Å². The summed E-state index contributed by atoms with van der Waals surface area (Å²) in [6.07, 6.45) is 12.7. The van der Waals surface area contributed by atoms with Crippen LogP contribution in [-0.2, 0) is 19.1 Å². The number of allylic oxidation sites excluding steroid dienone is 4. The standard InChI is InChI=1S/C29H44O4/c1-18(2)19(3)8-9-20(4)22-10-11-23-27(22,5)15-13-24-28(6)14-12-21(30)16-25(28)33-29(23,24)17-26(31)32-7/h8-9,16,18-20,22-24H,10-15,17H2,1-7H3/b9-8+/t19-,20+,22+,23+,24+,27+,28+,29+/m0/s1. The van der Waals surface area contributed by atoms with E-state index in [1.165, 1.54) is 7.11 Å². The van der Waals surface area contributed by atoms with Crippen LogP contribution in [0.1, 0.15) is 86.5 Å². The molecule has 4 aliphatic rings. The molecule has 0 aromatic heterocycles. The first-order valence-corrected chi connectivity index (χ1v) is 13.2. The van der Waals surface area contributed by atoms with Gasteiger partial charge in [0.2, 0.25) is 0 Å². The normalized spacial score (nSPS) is 41.8. The van der Waals surface area contributed by atoms with Crippen LogP contribution in [0.25, 0.3) is 0 Å². The Morgan fingerprint density at radius 3 is 2.52 bits per heavy atom. The molecule has 1 saturated heterocycles. The van der Waals surface area contributed by atoms with E-state index in [0.29, 0.717) is 36.0 Å². The Balaban J connectivity index is 1.70. The molecule has 184 valence electrons. The molecule has 3 fully saturated rings. The van der Waals surface area contributed by atoms with Crippen LogP contribution < -0.4 is 0 Å². The van der Waals surface area contributed by atoms with E-state index in [2.05, 4.69) is 53.7 Å². The summed E-state index contributed by atoms with van der Waals surface area (Å²) in [6.45, 7) is 13.9. The van der Waals surface area contributed by atoms with Gasteiger partial charge in [-0.15, -0.1) is 0 Å². The molecule has 0 unspecified atom stereocenters. The van der Waals surface area contributed by atoms with Crippen molar-refractivity contribution in [1.29, 1.82) is 0 Å². The van der Waals surface area contributed by atoms with Gasteiger partial charge in [0, 0.05) is 29.7 Å². The Kier molecular flexibility index (Phi) is 6.38. The fourth-order valence-electron chi connectivity index (χ4n) is 8.11. The molecule has 0 amide bonds. The minimum absolute atomic E-state index is 0.115. The fourth-order valence-corrected chi connectivity index (χ4v) is 8.11. The number of ketones is 1. The number of methoxy groups -OCH3 is 1. The molecule has 0 aromatic rings. The number of esters is 1. The summed E-state index contributed by atoms with van der Waals surface area (Å²) in [7, 11) is 1.47. The Morgan fingerprint density at radius 2 is 1.85 bits per heavy atom. The molecular weight excluding hydrogens is 412 g/mol. The number of rotatable bonds is 6. The van der Waals surface area contributed by atoms with E-state index < -0.39 is 5.60 Å². The van der Waals surface area contributed by atoms with Gasteiger partial charge < -0.3 is 9.47 Å². The largest absolute Gasteiger partial charge is 0.490 e. The predicted molar refractivity (Wildman–Crippen MR) is 130 cm³/mol. The topological polar surface area (TPSA) is 52.6 Å². The van der Waals surface area contributed by atoms with E-state index in [1.54, 1.807) is 6.08 Å². The third-order valence-electron chi connectivity index (χ3n) is 10.4. The van der Waals surface area contributed by atoms with Gasteiger partial charge in [-0.25, -0.2) is 0 Å². The van der Waals surface area contributed by atoms with Crippen LogP contribution in [0.5, 0.6) is 0 Å². The summed E-state index contributed by atoms with van der Waals surface area (Å²) in [5, 5.41) is 0. The molecule has 0 spiro atoms. The Morgan fingerprint density at radius 1 is 1.12 bits per heavy atom. The number of fused-ring (bicyclic) bond motifs is 5. The fraction of sp³-hybridized carbons (Fsp3) is 0.793. The highest BCUT2D eigenvalue weighted by Crippen LogP contribution is 2.71. The molecular formula is C29H44O4. The van der Waals surface area contributed by atoms with Crippen molar-refractivity contribution in [2.75, 3.05) is 7.11 Å². The molecule has 33 heavy (non-hydrogen) atoms. The summed E-state index contributed by atoms with van der Waals surface area (Å²) in [6, 6.07) is 0. The van der Waals surface area contributed by atoms with Gasteiger partial charge in [-0.05, 0) is 61.2 Å². The molecule has 0 radical (unpaired) electrons. The molecule has 4 rings (SSSR count). The van der Waals surface area contributed by atoms with Crippen molar-refractivity contribution < 1.29 is 19.1 Å². The molecule has 0 aromatic carbocycles. The summed E-state index contributed by atoms with van der Waals surface area (Å²) in [5.41, 5.74) is -0.599. The van der Waals surface area contributed by atoms with Crippen LogP contribution in [0, 0.1) is 46.3 Å². The zero-order valence-electron chi connectivity index (χ0n) is 21.8. The highest BCUT2D eigenvalue weighted by Gasteiger charge is 2.71. The molecule has 3 aliphatic carbocycles. The monoisotopic (exact) mass is 456 g/mol. The lowest BCUT2D eigenvalue weighted by Crippen LogP contribution is -2.56. The van der Waals surface area contributed by atoms with Gasteiger partial charge in [-0.1, -0.05) is 53.7 Å². The zero-order valence-corrected chi connectivity index (χ0v) is 21.8. The van der Waals surface area contributed by atoms with Crippen LogP contribution in [-0.4, -0.2) is 24.5 Å². The number of carbonyl (C=O) groups excluding carboxylic acids is 2. The summed E-state index contributed by atoms with van der Waals surface area (Å²) >= 11 is 0. The van der Waals surface area contributed by atoms with E-state index in [-0.39, 0.29) is 34.9 Å². The van der Waals surface area contributed by atoms with E-state index in [9.17, 15) is 9.59 Å². The zero-order chi connectivity index (χ0) is 24.2. The van der Waals surface area contributed by atoms with Gasteiger partial charge in [0.05, 0.1) is 13.5 Å². The molecule has 2 saturated carbocycles. The van der Waals surface area contributed by atoms with E-state index >= 15 is 0 Å². The lowest BCUT2D eigenvalue weighted by molar-refractivity contribution is -0.165. The maximum absolute atomic E-state index is 12.7. The predicted octanol–water partition coefficient (Wildman–Crippen LogP) is 6.50. The molecule has 1 heterocycles. The summed E-state index contributed by atoms with van der Waals surface area (Å²) in [5.74, 6) is 3.63. The van der Waals surface area contributed by atoms with Crippen molar-refractivity contribution in [2.45, 2.75) is 92.1 Å². The third-order valence-corrected chi connectivity index (χ3v) is 10.4. The lowest BCUT2D eigenvalue weighted by Gasteiger charge is -2.54. The van der Waals surface area contributed by atoms with Gasteiger partial charge in [0.15, 0.2) is 5.78 Å². The lowest BCUT2D eigenvalue weighted by atomic mass is 9.50. The van der Waals surface area contributed by atoms with Crippen LogP contribution in [0.4, 0.5) is 0 Å². The van der Waals surface area contributed by atoms with Gasteiger partial charge in [0.1, 0.15) is 11.4 Å². The van der Waals surface area contributed by atoms with Crippen molar-refractivity contribution in [3.8, 4) is 0 Å². The summed E-state index contributed by atoms with van der Waals surface area (Å²) < 4.78 is 12.1. The number of ether oxygens (including phenoxy) is 2. The van der Waals surface area contributed by atoms with Crippen molar-refractivity contribution in [3.05, 3.63) is 24.0 Å². The second-order valence-electron chi connectivity index (χ2n) is 12.4. The molecule has 0 bridgehead atoms. The Bertz CT molecular complexity index is 856. The first kappa shape index (κ1) is 24.5. The minimum Gasteiger partial charge on any atom is -0.490 e. The highest BCUT2D eigenvalue weighted by atomic mass is 16.5. The van der Waals surface area contributed by atoms with E-state index in [4.69, 9.17) is 9.47 Å². The Labute approximate surface area is 200 Å². The molecule has 4 nitrogen and oxygen atoms in total. The van der Waals surface area contributed by atoms with Crippen molar-refractivity contribution in [3.63, 3.8) is 0 Å². The second kappa shape index (κ2) is 8.57. The molecule has 1 aliphatic heterocycles. The first-order valence-electron chi connectivity index (χ1n) is 13.2. The first-order chi connectivity index (χ1) is 15.5. The van der Waals surface area contributed by atoms with Crippen LogP contribution >= 0.6 is 0 Å². The molecule has 4 heteroatoms. The Hall–Kier alpha value is -1.58. The second-order valence-corrected chi connectivity index (χ2v) is 12.4. The van der Waals surface area contributed by atoms with Crippen LogP contribution in [0.15, 0.2) is 24.0 Å². The summed E-state index contributed by atoms with van der Waals surface area (Å²) in [4.78, 5) is 25.0. The quantitative estimate of drug-likeness (QED) is 0.338. The van der Waals surface area contributed by atoms with Crippen molar-refractivity contribution >= 4 is 11.8 Å². The van der Waals surface area contributed by atoms with E-state index in [1.807, 2.05) is 0 Å². The van der Waals surface area contributed by atoms with Crippen LogP contribution in [0.2, 0.25) is 0 Å². The van der Waals surface area contributed by atoms with Crippen molar-refractivity contribution in [2.24, 2.45) is 46.3 Å². The highest BCUT2D eigenvalue weighted by molar-refractivity contribution is 5.91. The number of carbonyl (C=O) groups is 2.